The van der Waals surface area contributed by atoms with Crippen LogP contribution in [-0.2, 0) is 11.3 Å². The average molecular weight is 439 g/mol. The summed E-state index contributed by atoms with van der Waals surface area (Å²) in [5.41, 5.74) is 1.58. The summed E-state index contributed by atoms with van der Waals surface area (Å²) in [6, 6.07) is 11.3. The van der Waals surface area contributed by atoms with Crippen LogP contribution in [0, 0.1) is 0 Å². The van der Waals surface area contributed by atoms with E-state index in [4.69, 9.17) is 34.8 Å². The number of ether oxygens (including phenoxy) is 1. The van der Waals surface area contributed by atoms with Gasteiger partial charge in [0.2, 0.25) is 0 Å². The maximum atomic E-state index is 12.4. The van der Waals surface area contributed by atoms with E-state index in [1.54, 1.807) is 23.0 Å². The first kappa shape index (κ1) is 20.2. The smallest absolute Gasteiger partial charge is 0.337 e. The van der Waals surface area contributed by atoms with Crippen LogP contribution in [0.4, 0.5) is 5.82 Å². The minimum atomic E-state index is -0.476. The van der Waals surface area contributed by atoms with Gasteiger partial charge in [-0.3, -0.25) is 9.48 Å². The van der Waals surface area contributed by atoms with E-state index in [0.29, 0.717) is 32.7 Å². The van der Waals surface area contributed by atoms with Gasteiger partial charge in [0.15, 0.2) is 5.82 Å². The summed E-state index contributed by atoms with van der Waals surface area (Å²) in [6.45, 7) is 0.403. The van der Waals surface area contributed by atoms with Gasteiger partial charge in [-0.25, -0.2) is 4.79 Å². The maximum Gasteiger partial charge on any atom is 0.337 e. The van der Waals surface area contributed by atoms with Crippen LogP contribution in [0.2, 0.25) is 15.1 Å². The van der Waals surface area contributed by atoms with Crippen LogP contribution in [0.3, 0.4) is 0 Å². The van der Waals surface area contributed by atoms with Gasteiger partial charge in [-0.1, -0.05) is 40.9 Å². The SMILES string of the molecule is COC(=O)c1ccc(C(=O)Nc2nn(Cc3ccc(Cl)c(Cl)c3)cc2Cl)cc1. The molecule has 0 fully saturated rings. The fourth-order valence-electron chi connectivity index (χ4n) is 2.44. The number of hydrogen-bond donors (Lipinski definition) is 1. The lowest BCUT2D eigenvalue weighted by Gasteiger charge is -2.05. The Labute approximate surface area is 176 Å². The van der Waals surface area contributed by atoms with E-state index in [-0.39, 0.29) is 5.82 Å². The Morgan fingerprint density at radius 2 is 1.68 bits per heavy atom. The normalized spacial score (nSPS) is 10.6. The quantitative estimate of drug-likeness (QED) is 0.573. The van der Waals surface area contributed by atoms with Crippen LogP contribution in [0.25, 0.3) is 0 Å². The lowest BCUT2D eigenvalue weighted by atomic mass is 10.1. The fraction of sp³-hybridized carbons (Fsp3) is 0.105. The van der Waals surface area contributed by atoms with Crippen molar-refractivity contribution in [1.82, 2.24) is 9.78 Å². The molecule has 1 N–H and O–H groups in total. The number of halogens is 3. The summed E-state index contributed by atoms with van der Waals surface area (Å²) < 4.78 is 6.21. The molecular weight excluding hydrogens is 425 g/mol. The summed E-state index contributed by atoms with van der Waals surface area (Å²) in [6.07, 6.45) is 1.60. The summed E-state index contributed by atoms with van der Waals surface area (Å²) in [5.74, 6) is -0.655. The average Bonchev–Trinajstić information content (AvgIpc) is 3.03. The highest BCUT2D eigenvalue weighted by Crippen LogP contribution is 2.24. The Kier molecular flexibility index (Phi) is 6.24. The molecule has 1 amide bonds. The van der Waals surface area contributed by atoms with Gasteiger partial charge in [-0.15, -0.1) is 0 Å². The van der Waals surface area contributed by atoms with E-state index >= 15 is 0 Å². The van der Waals surface area contributed by atoms with Crippen LogP contribution < -0.4 is 5.32 Å². The third kappa shape index (κ3) is 4.65. The van der Waals surface area contributed by atoms with Gasteiger partial charge in [0.25, 0.3) is 5.91 Å². The van der Waals surface area contributed by atoms with Crippen molar-refractivity contribution >= 4 is 52.5 Å². The van der Waals surface area contributed by atoms with Crippen molar-refractivity contribution in [1.29, 1.82) is 0 Å². The number of aromatic nitrogens is 2. The Bertz CT molecular complexity index is 1030. The minimum Gasteiger partial charge on any atom is -0.465 e. The summed E-state index contributed by atoms with van der Waals surface area (Å²) >= 11 is 18.1. The van der Waals surface area contributed by atoms with Crippen molar-refractivity contribution in [2.75, 3.05) is 12.4 Å². The van der Waals surface area contributed by atoms with Gasteiger partial charge in [-0.05, 0) is 42.0 Å². The maximum absolute atomic E-state index is 12.4. The molecule has 1 heterocycles. The monoisotopic (exact) mass is 437 g/mol. The third-order valence-corrected chi connectivity index (χ3v) is 4.86. The number of nitrogens with zero attached hydrogens (tertiary/aromatic N) is 2. The molecule has 0 bridgehead atoms. The highest BCUT2D eigenvalue weighted by atomic mass is 35.5. The number of hydrogen-bond acceptors (Lipinski definition) is 4. The lowest BCUT2D eigenvalue weighted by molar-refractivity contribution is 0.0600. The lowest BCUT2D eigenvalue weighted by Crippen LogP contribution is -2.13. The molecule has 3 rings (SSSR count). The van der Waals surface area contributed by atoms with E-state index in [1.165, 1.54) is 31.4 Å². The van der Waals surface area contributed by atoms with Gasteiger partial charge in [0, 0.05) is 11.8 Å². The largest absolute Gasteiger partial charge is 0.465 e. The van der Waals surface area contributed by atoms with Gasteiger partial charge in [-0.2, -0.15) is 5.10 Å². The summed E-state index contributed by atoms with van der Waals surface area (Å²) in [7, 11) is 1.29. The van der Waals surface area contributed by atoms with E-state index in [2.05, 4.69) is 15.2 Å². The van der Waals surface area contributed by atoms with Crippen molar-refractivity contribution in [3.05, 3.63) is 80.4 Å². The molecule has 0 saturated carbocycles. The zero-order valence-corrected chi connectivity index (χ0v) is 16.8. The summed E-state index contributed by atoms with van der Waals surface area (Å²) in [5, 5.41) is 8.14. The number of anilines is 1. The molecule has 0 spiro atoms. The molecule has 6 nitrogen and oxygen atoms in total. The predicted octanol–water partition coefficient (Wildman–Crippen LogP) is 4.93. The van der Waals surface area contributed by atoms with Crippen molar-refractivity contribution in [3.63, 3.8) is 0 Å². The predicted molar refractivity (Wildman–Crippen MR) is 109 cm³/mol. The van der Waals surface area contributed by atoms with Crippen LogP contribution in [0.5, 0.6) is 0 Å². The van der Waals surface area contributed by atoms with Crippen LogP contribution in [-0.4, -0.2) is 28.8 Å². The zero-order valence-electron chi connectivity index (χ0n) is 14.6. The van der Waals surface area contributed by atoms with Crippen LogP contribution in [0.15, 0.2) is 48.7 Å². The van der Waals surface area contributed by atoms with Gasteiger partial charge in [0.05, 0.1) is 29.3 Å². The van der Waals surface area contributed by atoms with Crippen LogP contribution in [0.1, 0.15) is 26.3 Å². The molecule has 28 heavy (non-hydrogen) atoms. The molecule has 0 aliphatic heterocycles. The molecule has 3 aromatic rings. The number of benzene rings is 2. The standard InChI is InChI=1S/C19H14Cl3N3O3/c1-28-19(27)13-5-3-12(4-6-13)18(26)23-17-16(22)10-25(24-17)9-11-2-7-14(20)15(21)8-11/h2-8,10H,9H2,1H3,(H,23,24,26). The molecule has 0 aliphatic rings. The molecule has 1 aromatic heterocycles. The third-order valence-electron chi connectivity index (χ3n) is 3.85. The number of carbonyl (C=O) groups is 2. The number of methoxy groups -OCH3 is 1. The second-order valence-electron chi connectivity index (χ2n) is 5.79. The Hall–Kier alpha value is -2.54. The van der Waals surface area contributed by atoms with Crippen molar-refractivity contribution < 1.29 is 14.3 Å². The first-order chi connectivity index (χ1) is 13.4. The number of rotatable bonds is 5. The summed E-state index contributed by atoms with van der Waals surface area (Å²) in [4.78, 5) is 23.9. The molecule has 2 aromatic carbocycles. The van der Waals surface area contributed by atoms with Gasteiger partial charge >= 0.3 is 5.97 Å². The Morgan fingerprint density at radius 1 is 1.00 bits per heavy atom. The second-order valence-corrected chi connectivity index (χ2v) is 7.02. The first-order valence-electron chi connectivity index (χ1n) is 8.04. The van der Waals surface area contributed by atoms with E-state index < -0.39 is 11.9 Å². The van der Waals surface area contributed by atoms with Gasteiger partial charge in [0.1, 0.15) is 5.02 Å². The molecule has 9 heteroatoms. The first-order valence-corrected chi connectivity index (χ1v) is 9.17. The van der Waals surface area contributed by atoms with E-state index in [0.717, 1.165) is 5.56 Å². The van der Waals surface area contributed by atoms with Crippen molar-refractivity contribution in [3.8, 4) is 0 Å². The molecule has 0 aliphatic carbocycles. The van der Waals surface area contributed by atoms with Crippen molar-refractivity contribution in [2.24, 2.45) is 0 Å². The molecule has 0 atom stereocenters. The Morgan fingerprint density at radius 3 is 2.32 bits per heavy atom. The number of amides is 1. The topological polar surface area (TPSA) is 73.2 Å². The number of carbonyl (C=O) groups excluding carboxylic acids is 2. The molecule has 0 saturated heterocycles. The van der Waals surface area contributed by atoms with E-state index in [9.17, 15) is 9.59 Å². The van der Waals surface area contributed by atoms with E-state index in [1.807, 2.05) is 6.07 Å². The molecule has 0 unspecified atom stereocenters. The minimum absolute atomic E-state index is 0.226. The molecule has 0 radical (unpaired) electrons. The highest BCUT2D eigenvalue weighted by Gasteiger charge is 2.14. The highest BCUT2D eigenvalue weighted by molar-refractivity contribution is 6.42. The van der Waals surface area contributed by atoms with Crippen molar-refractivity contribution in [2.45, 2.75) is 6.54 Å². The molecular formula is C19H14Cl3N3O3. The molecule has 144 valence electrons. The zero-order chi connectivity index (χ0) is 20.3. The van der Waals surface area contributed by atoms with Gasteiger partial charge < -0.3 is 10.1 Å². The number of esters is 1. The fourth-order valence-corrected chi connectivity index (χ4v) is 2.96. The Balaban J connectivity index is 1.71. The second kappa shape index (κ2) is 8.65. The number of nitrogens with one attached hydrogen (secondary N) is 1. The van der Waals surface area contributed by atoms with Crippen LogP contribution >= 0.6 is 34.8 Å².